The van der Waals surface area contributed by atoms with Crippen molar-refractivity contribution in [2.45, 2.75) is 6.54 Å². The highest BCUT2D eigenvalue weighted by Crippen LogP contribution is 2.25. The van der Waals surface area contributed by atoms with Gasteiger partial charge in [-0.05, 0) is 52.8 Å². The molecule has 0 aliphatic rings. The minimum Gasteiger partial charge on any atom is -0.490 e. The number of hydrogen-bond donors (Lipinski definition) is 1. The zero-order chi connectivity index (χ0) is 15.1. The van der Waals surface area contributed by atoms with Gasteiger partial charge in [-0.25, -0.2) is 4.39 Å². The lowest BCUT2D eigenvalue weighted by atomic mass is 10.2. The van der Waals surface area contributed by atoms with Gasteiger partial charge in [-0.15, -0.1) is 0 Å². The van der Waals surface area contributed by atoms with Crippen LogP contribution in [-0.2, 0) is 6.54 Å². The fourth-order valence-electron chi connectivity index (χ4n) is 1.81. The molecule has 0 aromatic heterocycles. The van der Waals surface area contributed by atoms with E-state index in [2.05, 4.69) is 21.2 Å². The molecule has 3 nitrogen and oxygen atoms in total. The fourth-order valence-corrected chi connectivity index (χ4v) is 2.17. The number of benzene rings is 2. The van der Waals surface area contributed by atoms with Crippen molar-refractivity contribution < 1.29 is 13.9 Å². The summed E-state index contributed by atoms with van der Waals surface area (Å²) in [7, 11) is 1.91. The summed E-state index contributed by atoms with van der Waals surface area (Å²) in [5, 5.41) is 3.09. The molecule has 0 saturated heterocycles. The summed E-state index contributed by atoms with van der Waals surface area (Å²) in [6, 6.07) is 12.2. The van der Waals surface area contributed by atoms with Crippen molar-refractivity contribution in [1.82, 2.24) is 5.32 Å². The maximum Gasteiger partial charge on any atom is 0.136 e. The maximum atomic E-state index is 13.1. The standard InChI is InChI=1S/C16H17BrFNO2/c1-19-11-12-2-5-14(6-3-12)20-8-9-21-16-10-13(18)4-7-15(16)17/h2-7,10,19H,8-9,11H2,1H3. The van der Waals surface area contributed by atoms with Crippen LogP contribution in [0.4, 0.5) is 4.39 Å². The zero-order valence-electron chi connectivity index (χ0n) is 11.7. The van der Waals surface area contributed by atoms with Crippen LogP contribution in [0.25, 0.3) is 0 Å². The van der Waals surface area contributed by atoms with Crippen molar-refractivity contribution in [2.24, 2.45) is 0 Å². The molecule has 5 heteroatoms. The lowest BCUT2D eigenvalue weighted by molar-refractivity contribution is 0.216. The van der Waals surface area contributed by atoms with Gasteiger partial charge < -0.3 is 14.8 Å². The van der Waals surface area contributed by atoms with Gasteiger partial charge in [0.05, 0.1) is 4.47 Å². The van der Waals surface area contributed by atoms with Gasteiger partial charge in [0.15, 0.2) is 0 Å². The number of halogens is 2. The van der Waals surface area contributed by atoms with E-state index in [4.69, 9.17) is 9.47 Å². The van der Waals surface area contributed by atoms with Gasteiger partial charge in [0.1, 0.15) is 30.5 Å². The average Bonchev–Trinajstić information content (AvgIpc) is 2.49. The maximum absolute atomic E-state index is 13.1. The molecule has 0 spiro atoms. The van der Waals surface area contributed by atoms with E-state index in [0.717, 1.165) is 16.8 Å². The van der Waals surface area contributed by atoms with E-state index in [0.29, 0.717) is 19.0 Å². The molecule has 2 aromatic rings. The number of ether oxygens (including phenoxy) is 2. The summed E-state index contributed by atoms with van der Waals surface area (Å²) in [5.41, 5.74) is 1.20. The Morgan fingerprint density at radius 2 is 1.76 bits per heavy atom. The summed E-state index contributed by atoms with van der Waals surface area (Å²) in [5.74, 6) is 0.939. The third kappa shape index (κ3) is 5.02. The molecule has 112 valence electrons. The van der Waals surface area contributed by atoms with Crippen LogP contribution < -0.4 is 14.8 Å². The molecular weight excluding hydrogens is 337 g/mol. The van der Waals surface area contributed by atoms with Crippen LogP contribution in [0.5, 0.6) is 11.5 Å². The molecule has 0 fully saturated rings. The molecule has 0 heterocycles. The normalized spacial score (nSPS) is 10.4. The van der Waals surface area contributed by atoms with Crippen LogP contribution in [-0.4, -0.2) is 20.3 Å². The Morgan fingerprint density at radius 3 is 2.48 bits per heavy atom. The van der Waals surface area contributed by atoms with Crippen LogP contribution in [0.2, 0.25) is 0 Å². The summed E-state index contributed by atoms with van der Waals surface area (Å²) >= 11 is 3.31. The number of rotatable bonds is 7. The summed E-state index contributed by atoms with van der Waals surface area (Å²) < 4.78 is 24.9. The molecule has 0 amide bonds. The van der Waals surface area contributed by atoms with Gasteiger partial charge >= 0.3 is 0 Å². The van der Waals surface area contributed by atoms with E-state index in [-0.39, 0.29) is 5.82 Å². The Labute approximate surface area is 132 Å². The number of hydrogen-bond acceptors (Lipinski definition) is 3. The molecule has 0 atom stereocenters. The summed E-state index contributed by atoms with van der Waals surface area (Å²) in [6.45, 7) is 1.58. The molecule has 1 N–H and O–H groups in total. The van der Waals surface area contributed by atoms with Crippen molar-refractivity contribution in [3.8, 4) is 11.5 Å². The molecule has 0 aliphatic heterocycles. The monoisotopic (exact) mass is 353 g/mol. The van der Waals surface area contributed by atoms with Crippen LogP contribution in [0.15, 0.2) is 46.9 Å². The second-order valence-electron chi connectivity index (χ2n) is 4.45. The minimum atomic E-state index is -0.325. The number of nitrogens with one attached hydrogen (secondary N) is 1. The summed E-state index contributed by atoms with van der Waals surface area (Å²) in [4.78, 5) is 0. The van der Waals surface area contributed by atoms with E-state index in [1.165, 1.54) is 17.7 Å². The Hall–Kier alpha value is -1.59. The van der Waals surface area contributed by atoms with Gasteiger partial charge in [0.25, 0.3) is 0 Å². The zero-order valence-corrected chi connectivity index (χ0v) is 13.3. The van der Waals surface area contributed by atoms with Crippen LogP contribution in [0, 0.1) is 5.82 Å². The third-order valence-electron chi connectivity index (χ3n) is 2.81. The van der Waals surface area contributed by atoms with E-state index in [9.17, 15) is 4.39 Å². The van der Waals surface area contributed by atoms with E-state index in [1.54, 1.807) is 6.07 Å². The smallest absolute Gasteiger partial charge is 0.136 e. The Bertz CT molecular complexity index is 575. The molecule has 0 radical (unpaired) electrons. The highest BCUT2D eigenvalue weighted by Gasteiger charge is 2.03. The Morgan fingerprint density at radius 1 is 1.05 bits per heavy atom. The van der Waals surface area contributed by atoms with Crippen molar-refractivity contribution in [3.05, 3.63) is 58.3 Å². The lowest BCUT2D eigenvalue weighted by Crippen LogP contribution is -2.09. The second-order valence-corrected chi connectivity index (χ2v) is 5.30. The van der Waals surface area contributed by atoms with Crippen LogP contribution in [0.3, 0.4) is 0 Å². The predicted molar refractivity (Wildman–Crippen MR) is 84.3 cm³/mol. The Balaban J connectivity index is 1.77. The first-order valence-corrected chi connectivity index (χ1v) is 7.42. The second kappa shape index (κ2) is 8.00. The highest BCUT2D eigenvalue weighted by molar-refractivity contribution is 9.10. The average molecular weight is 354 g/mol. The molecule has 21 heavy (non-hydrogen) atoms. The van der Waals surface area contributed by atoms with Crippen molar-refractivity contribution in [2.75, 3.05) is 20.3 Å². The lowest BCUT2D eigenvalue weighted by Gasteiger charge is -2.10. The van der Waals surface area contributed by atoms with Gasteiger partial charge in [0.2, 0.25) is 0 Å². The molecular formula is C16H17BrFNO2. The van der Waals surface area contributed by atoms with Gasteiger partial charge in [-0.1, -0.05) is 12.1 Å². The largest absolute Gasteiger partial charge is 0.490 e. The van der Waals surface area contributed by atoms with Gasteiger partial charge in [-0.3, -0.25) is 0 Å². The third-order valence-corrected chi connectivity index (χ3v) is 3.46. The van der Waals surface area contributed by atoms with E-state index in [1.807, 2.05) is 31.3 Å². The van der Waals surface area contributed by atoms with Crippen molar-refractivity contribution >= 4 is 15.9 Å². The molecule has 0 unspecified atom stereocenters. The minimum absolute atomic E-state index is 0.325. The fraction of sp³-hybridized carbons (Fsp3) is 0.250. The van der Waals surface area contributed by atoms with Crippen LogP contribution in [0.1, 0.15) is 5.56 Å². The topological polar surface area (TPSA) is 30.5 Å². The first-order valence-electron chi connectivity index (χ1n) is 6.63. The van der Waals surface area contributed by atoms with Gasteiger partial charge in [-0.2, -0.15) is 0 Å². The van der Waals surface area contributed by atoms with Crippen molar-refractivity contribution in [1.29, 1.82) is 0 Å². The Kier molecular flexibility index (Phi) is 6.02. The quantitative estimate of drug-likeness (QED) is 0.768. The SMILES string of the molecule is CNCc1ccc(OCCOc2cc(F)ccc2Br)cc1. The molecule has 0 aliphatic carbocycles. The van der Waals surface area contributed by atoms with Crippen molar-refractivity contribution in [3.63, 3.8) is 0 Å². The van der Waals surface area contributed by atoms with E-state index >= 15 is 0 Å². The molecule has 2 aromatic carbocycles. The van der Waals surface area contributed by atoms with Gasteiger partial charge in [0, 0.05) is 12.6 Å². The molecule has 0 saturated carbocycles. The first-order chi connectivity index (χ1) is 10.2. The van der Waals surface area contributed by atoms with E-state index < -0.39 is 0 Å². The molecule has 2 rings (SSSR count). The van der Waals surface area contributed by atoms with Crippen LogP contribution >= 0.6 is 15.9 Å². The molecule has 0 bridgehead atoms. The summed E-state index contributed by atoms with van der Waals surface area (Å²) in [6.07, 6.45) is 0. The predicted octanol–water partition coefficient (Wildman–Crippen LogP) is 3.77. The highest BCUT2D eigenvalue weighted by atomic mass is 79.9. The first kappa shape index (κ1) is 15.8.